The molecule has 1 rings (SSSR count). The van der Waals surface area contributed by atoms with Crippen molar-refractivity contribution in [2.75, 3.05) is 0 Å². The van der Waals surface area contributed by atoms with E-state index in [-0.39, 0.29) is 12.1 Å². The maximum atomic E-state index is 10.4. The minimum atomic E-state index is -1.14. The SMILES string of the molecule is O=C(O)N[C@H]1CC=CC[C@@H]1NC(=O)O. The summed E-state index contributed by atoms with van der Waals surface area (Å²) in [6.07, 6.45) is 2.42. The smallest absolute Gasteiger partial charge is 0.404 e. The maximum Gasteiger partial charge on any atom is 0.404 e. The Morgan fingerprint density at radius 1 is 1.00 bits per heavy atom. The fraction of sp³-hybridized carbons (Fsp3) is 0.500. The van der Waals surface area contributed by atoms with Crippen molar-refractivity contribution in [1.82, 2.24) is 10.6 Å². The molecule has 0 saturated heterocycles. The highest BCUT2D eigenvalue weighted by atomic mass is 16.4. The van der Waals surface area contributed by atoms with E-state index in [1.165, 1.54) is 0 Å². The van der Waals surface area contributed by atoms with Crippen LogP contribution in [0.1, 0.15) is 12.8 Å². The zero-order valence-electron chi connectivity index (χ0n) is 7.43. The van der Waals surface area contributed by atoms with E-state index >= 15 is 0 Å². The number of hydrogen-bond donors (Lipinski definition) is 4. The summed E-state index contributed by atoms with van der Waals surface area (Å²) < 4.78 is 0. The van der Waals surface area contributed by atoms with Gasteiger partial charge in [0.15, 0.2) is 0 Å². The predicted molar refractivity (Wildman–Crippen MR) is 48.3 cm³/mol. The van der Waals surface area contributed by atoms with Crippen LogP contribution in [-0.2, 0) is 0 Å². The standard InChI is InChI=1S/C8H12N2O4/c11-7(12)9-5-3-1-2-4-6(5)10-8(13)14/h1-2,5-6,9-10H,3-4H2,(H,11,12)(H,13,14)/t5-,6-/m0/s1. The molecule has 0 aromatic carbocycles. The fourth-order valence-corrected chi connectivity index (χ4v) is 1.45. The number of amides is 2. The van der Waals surface area contributed by atoms with E-state index in [2.05, 4.69) is 10.6 Å². The normalized spacial score (nSPS) is 25.4. The Bertz CT molecular complexity index is 238. The molecule has 0 aromatic heterocycles. The van der Waals surface area contributed by atoms with E-state index in [4.69, 9.17) is 10.2 Å². The number of carboxylic acid groups (broad SMARTS) is 2. The first-order valence-corrected chi connectivity index (χ1v) is 4.23. The number of rotatable bonds is 2. The fourth-order valence-electron chi connectivity index (χ4n) is 1.45. The Balaban J connectivity index is 2.55. The molecule has 2 atom stereocenters. The number of hydrogen-bond acceptors (Lipinski definition) is 2. The third-order valence-corrected chi connectivity index (χ3v) is 2.05. The molecule has 0 fully saturated rings. The van der Waals surface area contributed by atoms with Gasteiger partial charge < -0.3 is 20.8 Å². The Hall–Kier alpha value is -1.72. The van der Waals surface area contributed by atoms with Gasteiger partial charge in [-0.2, -0.15) is 0 Å². The molecule has 0 aliphatic heterocycles. The average molecular weight is 200 g/mol. The monoisotopic (exact) mass is 200 g/mol. The van der Waals surface area contributed by atoms with Crippen LogP contribution in [0, 0.1) is 0 Å². The van der Waals surface area contributed by atoms with Crippen molar-refractivity contribution < 1.29 is 19.8 Å². The van der Waals surface area contributed by atoms with Crippen LogP contribution >= 0.6 is 0 Å². The van der Waals surface area contributed by atoms with Crippen molar-refractivity contribution in [1.29, 1.82) is 0 Å². The van der Waals surface area contributed by atoms with Crippen molar-refractivity contribution in [3.05, 3.63) is 12.2 Å². The molecule has 78 valence electrons. The molecule has 2 amide bonds. The Morgan fingerprint density at radius 2 is 1.36 bits per heavy atom. The zero-order valence-corrected chi connectivity index (χ0v) is 7.43. The Kier molecular flexibility index (Phi) is 3.33. The molecule has 1 aliphatic carbocycles. The minimum absolute atomic E-state index is 0.381. The van der Waals surface area contributed by atoms with Crippen molar-refractivity contribution in [2.24, 2.45) is 0 Å². The van der Waals surface area contributed by atoms with Gasteiger partial charge in [-0.1, -0.05) is 12.2 Å². The van der Waals surface area contributed by atoms with Gasteiger partial charge in [-0.25, -0.2) is 9.59 Å². The summed E-state index contributed by atoms with van der Waals surface area (Å²) in [7, 11) is 0. The summed E-state index contributed by atoms with van der Waals surface area (Å²) >= 11 is 0. The molecule has 0 heterocycles. The van der Waals surface area contributed by atoms with E-state index in [0.717, 1.165) is 0 Å². The molecule has 0 bridgehead atoms. The lowest BCUT2D eigenvalue weighted by Gasteiger charge is -2.27. The van der Waals surface area contributed by atoms with Crippen molar-refractivity contribution in [2.45, 2.75) is 24.9 Å². The number of carbonyl (C=O) groups is 2. The molecule has 6 heteroatoms. The van der Waals surface area contributed by atoms with Crippen LogP contribution in [0.2, 0.25) is 0 Å². The van der Waals surface area contributed by atoms with Crippen molar-refractivity contribution >= 4 is 12.2 Å². The van der Waals surface area contributed by atoms with Crippen LogP contribution in [0.5, 0.6) is 0 Å². The van der Waals surface area contributed by atoms with Gasteiger partial charge in [0.2, 0.25) is 0 Å². The molecule has 4 N–H and O–H groups in total. The second-order valence-corrected chi connectivity index (χ2v) is 3.05. The first-order chi connectivity index (χ1) is 6.59. The van der Waals surface area contributed by atoms with Crippen LogP contribution < -0.4 is 10.6 Å². The van der Waals surface area contributed by atoms with E-state index in [0.29, 0.717) is 12.8 Å². The molecule has 0 spiro atoms. The summed E-state index contributed by atoms with van der Waals surface area (Å²) in [6, 6.07) is -0.762. The van der Waals surface area contributed by atoms with Gasteiger partial charge in [-0.05, 0) is 12.8 Å². The molecule has 6 nitrogen and oxygen atoms in total. The quantitative estimate of drug-likeness (QED) is 0.491. The largest absolute Gasteiger partial charge is 0.465 e. The van der Waals surface area contributed by atoms with E-state index < -0.39 is 12.2 Å². The first kappa shape index (κ1) is 10.4. The first-order valence-electron chi connectivity index (χ1n) is 4.23. The third kappa shape index (κ3) is 2.96. The highest BCUT2D eigenvalue weighted by Gasteiger charge is 2.24. The molecular formula is C8H12N2O4. The molecule has 1 aliphatic rings. The van der Waals surface area contributed by atoms with E-state index in [9.17, 15) is 9.59 Å². The molecule has 0 unspecified atom stereocenters. The topological polar surface area (TPSA) is 98.7 Å². The third-order valence-electron chi connectivity index (χ3n) is 2.05. The average Bonchev–Trinajstić information content (AvgIpc) is 2.06. The Labute approximate surface area is 80.6 Å². The van der Waals surface area contributed by atoms with Crippen LogP contribution in [0.15, 0.2) is 12.2 Å². The molecule has 14 heavy (non-hydrogen) atoms. The van der Waals surface area contributed by atoms with Crippen LogP contribution in [-0.4, -0.2) is 34.5 Å². The maximum absolute atomic E-state index is 10.4. The van der Waals surface area contributed by atoms with Gasteiger partial charge in [0.05, 0.1) is 12.1 Å². The van der Waals surface area contributed by atoms with Gasteiger partial charge in [0.25, 0.3) is 0 Å². The lowest BCUT2D eigenvalue weighted by Crippen LogP contribution is -2.51. The van der Waals surface area contributed by atoms with Crippen molar-refractivity contribution in [3.63, 3.8) is 0 Å². The van der Waals surface area contributed by atoms with Gasteiger partial charge in [-0.15, -0.1) is 0 Å². The highest BCUT2D eigenvalue weighted by Crippen LogP contribution is 2.11. The van der Waals surface area contributed by atoms with Gasteiger partial charge >= 0.3 is 12.2 Å². The second kappa shape index (κ2) is 4.50. The van der Waals surface area contributed by atoms with Crippen molar-refractivity contribution in [3.8, 4) is 0 Å². The predicted octanol–water partition coefficient (Wildman–Crippen LogP) is 0.609. The van der Waals surface area contributed by atoms with Gasteiger partial charge in [-0.3, -0.25) is 0 Å². The summed E-state index contributed by atoms with van der Waals surface area (Å²) in [6.45, 7) is 0. The molecule has 0 radical (unpaired) electrons. The minimum Gasteiger partial charge on any atom is -0.465 e. The van der Waals surface area contributed by atoms with E-state index in [1.54, 1.807) is 0 Å². The Morgan fingerprint density at radius 3 is 1.64 bits per heavy atom. The van der Waals surface area contributed by atoms with Crippen LogP contribution in [0.4, 0.5) is 9.59 Å². The zero-order chi connectivity index (χ0) is 10.6. The molecule has 0 aromatic rings. The molecular weight excluding hydrogens is 188 g/mol. The summed E-state index contributed by atoms with van der Waals surface area (Å²) in [5.74, 6) is 0. The second-order valence-electron chi connectivity index (χ2n) is 3.05. The van der Waals surface area contributed by atoms with E-state index in [1.807, 2.05) is 12.2 Å². The highest BCUT2D eigenvalue weighted by molar-refractivity contribution is 5.67. The lowest BCUT2D eigenvalue weighted by atomic mass is 9.96. The summed E-state index contributed by atoms with van der Waals surface area (Å²) in [5, 5.41) is 21.6. The number of nitrogens with one attached hydrogen (secondary N) is 2. The van der Waals surface area contributed by atoms with Crippen LogP contribution in [0.3, 0.4) is 0 Å². The lowest BCUT2D eigenvalue weighted by molar-refractivity contribution is 0.174. The summed E-state index contributed by atoms with van der Waals surface area (Å²) in [4.78, 5) is 20.8. The summed E-state index contributed by atoms with van der Waals surface area (Å²) in [5.41, 5.74) is 0. The van der Waals surface area contributed by atoms with Crippen LogP contribution in [0.25, 0.3) is 0 Å². The van der Waals surface area contributed by atoms with Gasteiger partial charge in [0.1, 0.15) is 0 Å². The molecule has 0 saturated carbocycles. The van der Waals surface area contributed by atoms with Gasteiger partial charge in [0, 0.05) is 0 Å².